The van der Waals surface area contributed by atoms with Crippen LogP contribution in [0.15, 0.2) is 58.5 Å². The molecule has 0 saturated heterocycles. The van der Waals surface area contributed by atoms with Crippen molar-refractivity contribution in [2.24, 2.45) is 5.10 Å². The lowest BCUT2D eigenvalue weighted by molar-refractivity contribution is -0.121. The molecule has 2 aromatic carbocycles. The zero-order chi connectivity index (χ0) is 20.7. The Morgan fingerprint density at radius 1 is 1.11 bits per heavy atom. The SMILES string of the molecule is COc1ccc(C/C(C)=N\NC(=O)CN(C)S(=O)(=O)c2ccc(C)cc2)cc1. The predicted octanol–water partition coefficient (Wildman–Crippen LogP) is 2.36. The molecule has 0 fully saturated rings. The maximum Gasteiger partial charge on any atom is 0.255 e. The number of nitrogens with one attached hydrogen (secondary N) is 1. The van der Waals surface area contributed by atoms with Gasteiger partial charge in [-0.1, -0.05) is 29.8 Å². The summed E-state index contributed by atoms with van der Waals surface area (Å²) in [6.45, 7) is 3.34. The molecule has 0 aliphatic heterocycles. The molecular formula is C20H25N3O4S. The van der Waals surface area contributed by atoms with Crippen LogP contribution in [0.5, 0.6) is 5.75 Å². The number of ether oxygens (including phenoxy) is 1. The topological polar surface area (TPSA) is 88.1 Å². The van der Waals surface area contributed by atoms with Crippen molar-refractivity contribution in [3.05, 3.63) is 59.7 Å². The number of carbonyl (C=O) groups excluding carboxylic acids is 1. The number of likely N-dealkylation sites (N-methyl/N-ethyl adjacent to an activating group) is 1. The first-order chi connectivity index (χ1) is 13.2. The third kappa shape index (κ3) is 5.90. The lowest BCUT2D eigenvalue weighted by Gasteiger charge is -2.16. The smallest absolute Gasteiger partial charge is 0.255 e. The zero-order valence-corrected chi connectivity index (χ0v) is 17.3. The van der Waals surface area contributed by atoms with Crippen LogP contribution in [-0.2, 0) is 21.2 Å². The van der Waals surface area contributed by atoms with Gasteiger partial charge >= 0.3 is 0 Å². The van der Waals surface area contributed by atoms with Gasteiger partial charge in [-0.25, -0.2) is 13.8 Å². The average molecular weight is 404 g/mol. The van der Waals surface area contributed by atoms with Crippen molar-refractivity contribution < 1.29 is 17.9 Å². The summed E-state index contributed by atoms with van der Waals surface area (Å²) in [5.74, 6) is 0.261. The van der Waals surface area contributed by atoms with Gasteiger partial charge in [0.2, 0.25) is 10.0 Å². The Morgan fingerprint density at radius 2 is 1.71 bits per heavy atom. The Bertz CT molecular complexity index is 936. The van der Waals surface area contributed by atoms with Gasteiger partial charge in [-0.2, -0.15) is 9.41 Å². The van der Waals surface area contributed by atoms with E-state index < -0.39 is 15.9 Å². The van der Waals surface area contributed by atoms with Crippen molar-refractivity contribution in [1.82, 2.24) is 9.73 Å². The van der Waals surface area contributed by atoms with E-state index >= 15 is 0 Å². The molecule has 2 rings (SSSR count). The number of sulfonamides is 1. The Morgan fingerprint density at radius 3 is 2.29 bits per heavy atom. The van der Waals surface area contributed by atoms with Crippen LogP contribution in [0.3, 0.4) is 0 Å². The van der Waals surface area contributed by atoms with Crippen LogP contribution in [0.4, 0.5) is 0 Å². The van der Waals surface area contributed by atoms with E-state index in [1.807, 2.05) is 31.2 Å². The van der Waals surface area contributed by atoms with Crippen molar-refractivity contribution >= 4 is 21.6 Å². The van der Waals surface area contributed by atoms with Crippen LogP contribution in [0.25, 0.3) is 0 Å². The van der Waals surface area contributed by atoms with Gasteiger partial charge in [0, 0.05) is 19.2 Å². The third-order valence-corrected chi connectivity index (χ3v) is 5.90. The number of nitrogens with zero attached hydrogens (tertiary/aromatic N) is 2. The van der Waals surface area contributed by atoms with Gasteiger partial charge in [0.05, 0.1) is 18.6 Å². The number of methoxy groups -OCH3 is 1. The summed E-state index contributed by atoms with van der Waals surface area (Å²) in [7, 11) is -0.764. The molecule has 0 bridgehead atoms. The van der Waals surface area contributed by atoms with Gasteiger partial charge in [-0.3, -0.25) is 4.79 Å². The van der Waals surface area contributed by atoms with Crippen LogP contribution in [-0.4, -0.2) is 45.0 Å². The van der Waals surface area contributed by atoms with Crippen molar-refractivity contribution in [3.63, 3.8) is 0 Å². The van der Waals surface area contributed by atoms with E-state index in [2.05, 4.69) is 10.5 Å². The van der Waals surface area contributed by atoms with Crippen molar-refractivity contribution in [3.8, 4) is 5.75 Å². The minimum absolute atomic E-state index is 0.146. The van der Waals surface area contributed by atoms with E-state index in [1.165, 1.54) is 19.2 Å². The molecule has 0 radical (unpaired) electrons. The highest BCUT2D eigenvalue weighted by atomic mass is 32.2. The lowest BCUT2D eigenvalue weighted by atomic mass is 10.1. The molecular weight excluding hydrogens is 378 g/mol. The zero-order valence-electron chi connectivity index (χ0n) is 16.5. The normalized spacial score (nSPS) is 12.1. The number of aryl methyl sites for hydroxylation is 1. The molecule has 150 valence electrons. The fourth-order valence-electron chi connectivity index (χ4n) is 2.45. The first-order valence-corrected chi connectivity index (χ1v) is 10.1. The number of rotatable bonds is 8. The molecule has 7 nitrogen and oxygen atoms in total. The number of hydrazone groups is 1. The number of carbonyl (C=O) groups is 1. The van der Waals surface area contributed by atoms with Gasteiger partial charge in [-0.15, -0.1) is 0 Å². The maximum atomic E-state index is 12.5. The summed E-state index contributed by atoms with van der Waals surface area (Å²) in [6.07, 6.45) is 0.557. The van der Waals surface area contributed by atoms with Crippen molar-refractivity contribution in [2.45, 2.75) is 25.2 Å². The van der Waals surface area contributed by atoms with Gasteiger partial charge in [-0.05, 0) is 43.7 Å². The largest absolute Gasteiger partial charge is 0.497 e. The third-order valence-electron chi connectivity index (χ3n) is 4.09. The van der Waals surface area contributed by atoms with Crippen molar-refractivity contribution in [1.29, 1.82) is 0 Å². The molecule has 1 amide bonds. The summed E-state index contributed by atoms with van der Waals surface area (Å²) in [5, 5.41) is 4.05. The van der Waals surface area contributed by atoms with E-state index in [-0.39, 0.29) is 11.4 Å². The molecule has 0 heterocycles. The molecule has 0 atom stereocenters. The molecule has 28 heavy (non-hydrogen) atoms. The second-order valence-corrected chi connectivity index (χ2v) is 8.53. The molecule has 0 unspecified atom stereocenters. The quantitative estimate of drug-likeness (QED) is 0.541. The fraction of sp³-hybridized carbons (Fsp3) is 0.300. The highest BCUT2D eigenvalue weighted by molar-refractivity contribution is 7.89. The number of hydrogen-bond donors (Lipinski definition) is 1. The molecule has 0 saturated carbocycles. The lowest BCUT2D eigenvalue weighted by Crippen LogP contribution is -2.37. The van der Waals surface area contributed by atoms with Crippen LogP contribution < -0.4 is 10.2 Å². The Hall–Kier alpha value is -2.71. The molecule has 2 aromatic rings. The average Bonchev–Trinajstić information content (AvgIpc) is 2.67. The van der Waals surface area contributed by atoms with E-state index in [1.54, 1.807) is 26.2 Å². The number of amides is 1. The second-order valence-electron chi connectivity index (χ2n) is 6.48. The monoisotopic (exact) mass is 403 g/mol. The number of hydrogen-bond acceptors (Lipinski definition) is 5. The summed E-state index contributed by atoms with van der Waals surface area (Å²) in [4.78, 5) is 12.2. The van der Waals surface area contributed by atoms with Crippen molar-refractivity contribution in [2.75, 3.05) is 20.7 Å². The molecule has 1 N–H and O–H groups in total. The summed E-state index contributed by atoms with van der Waals surface area (Å²) in [5.41, 5.74) is 5.09. The second kappa shape index (κ2) is 9.48. The van der Waals surface area contributed by atoms with E-state index in [9.17, 15) is 13.2 Å². The Balaban J connectivity index is 1.92. The van der Waals surface area contributed by atoms with E-state index in [0.29, 0.717) is 12.1 Å². The minimum atomic E-state index is -3.73. The minimum Gasteiger partial charge on any atom is -0.497 e. The van der Waals surface area contributed by atoms with Crippen LogP contribution in [0.1, 0.15) is 18.1 Å². The van der Waals surface area contributed by atoms with E-state index in [0.717, 1.165) is 21.2 Å². The van der Waals surface area contributed by atoms with Crippen LogP contribution >= 0.6 is 0 Å². The first-order valence-electron chi connectivity index (χ1n) is 8.70. The summed E-state index contributed by atoms with van der Waals surface area (Å²) < 4.78 is 31.1. The van der Waals surface area contributed by atoms with Crippen LogP contribution in [0, 0.1) is 6.92 Å². The Labute approximate surface area is 166 Å². The van der Waals surface area contributed by atoms with Gasteiger partial charge in [0.1, 0.15) is 5.75 Å². The summed E-state index contributed by atoms with van der Waals surface area (Å²) in [6, 6.07) is 14.0. The molecule has 0 aliphatic rings. The molecule has 0 aliphatic carbocycles. The highest BCUT2D eigenvalue weighted by Crippen LogP contribution is 2.15. The van der Waals surface area contributed by atoms with Gasteiger partial charge < -0.3 is 4.74 Å². The van der Waals surface area contributed by atoms with E-state index in [4.69, 9.17) is 4.74 Å². The Kier molecular flexibility index (Phi) is 7.31. The first kappa shape index (κ1) is 21.6. The highest BCUT2D eigenvalue weighted by Gasteiger charge is 2.22. The maximum absolute atomic E-state index is 12.5. The standard InChI is InChI=1S/C20H25N3O4S/c1-15-5-11-19(12-6-15)28(25,26)23(3)14-20(24)22-21-16(2)13-17-7-9-18(27-4)10-8-17/h5-12H,13-14H2,1-4H3,(H,22,24)/b21-16-. The molecule has 0 spiro atoms. The molecule has 8 heteroatoms. The van der Waals surface area contributed by atoms with Gasteiger partial charge in [0.15, 0.2) is 0 Å². The fourth-order valence-corrected chi connectivity index (χ4v) is 3.58. The molecule has 0 aromatic heterocycles. The number of benzene rings is 2. The van der Waals surface area contributed by atoms with Gasteiger partial charge in [0.25, 0.3) is 5.91 Å². The van der Waals surface area contributed by atoms with Crippen LogP contribution in [0.2, 0.25) is 0 Å². The summed E-state index contributed by atoms with van der Waals surface area (Å²) >= 11 is 0. The predicted molar refractivity (Wildman–Crippen MR) is 109 cm³/mol.